The second-order valence-corrected chi connectivity index (χ2v) is 2.87. The summed E-state index contributed by atoms with van der Waals surface area (Å²) in [5.41, 5.74) is 0.706. The molecule has 1 aromatic carbocycles. The first-order chi connectivity index (χ1) is 6.27. The summed E-state index contributed by atoms with van der Waals surface area (Å²) in [6.07, 6.45) is 0. The second-order valence-electron chi connectivity index (χ2n) is 2.46. The average molecular weight is 205 g/mol. The molecule has 0 spiro atoms. The van der Waals surface area contributed by atoms with Crippen LogP contribution in [0.5, 0.6) is 5.75 Å². The van der Waals surface area contributed by atoms with E-state index in [1.165, 1.54) is 0 Å². The van der Waals surface area contributed by atoms with E-state index < -0.39 is 6.67 Å². The molecule has 0 saturated carbocycles. The molecule has 0 amide bonds. The van der Waals surface area contributed by atoms with Gasteiger partial charge in [-0.1, -0.05) is 17.7 Å². The van der Waals surface area contributed by atoms with Gasteiger partial charge >= 0.3 is 0 Å². The van der Waals surface area contributed by atoms with Gasteiger partial charge in [-0.15, -0.1) is 0 Å². The van der Waals surface area contributed by atoms with Gasteiger partial charge in [0.15, 0.2) is 0 Å². The van der Waals surface area contributed by atoms with Crippen molar-refractivity contribution in [2.24, 2.45) is 0 Å². The largest absolute Gasteiger partial charge is 0.489 e. The fraction of sp³-hybridized carbons (Fsp3) is 0.333. The van der Waals surface area contributed by atoms with Crippen molar-refractivity contribution >= 4 is 11.6 Å². The summed E-state index contributed by atoms with van der Waals surface area (Å²) < 4.78 is 16.7. The Hall–Kier alpha value is -0.800. The van der Waals surface area contributed by atoms with Crippen LogP contribution in [0.4, 0.5) is 4.39 Å². The lowest BCUT2D eigenvalue weighted by atomic mass is 10.2. The maximum absolute atomic E-state index is 11.7. The Morgan fingerprint density at radius 2 is 2.23 bits per heavy atom. The van der Waals surface area contributed by atoms with Crippen LogP contribution in [0.3, 0.4) is 0 Å². The summed E-state index contributed by atoms with van der Waals surface area (Å²) >= 11 is 5.79. The van der Waals surface area contributed by atoms with Gasteiger partial charge in [0.05, 0.1) is 11.6 Å². The first-order valence-corrected chi connectivity index (χ1v) is 4.23. The summed E-state index contributed by atoms with van der Waals surface area (Å²) in [5, 5.41) is 9.16. The quantitative estimate of drug-likeness (QED) is 0.815. The molecule has 0 radical (unpaired) electrons. The number of halogens is 2. The number of hydrogen-bond donors (Lipinski definition) is 1. The Balaban J connectivity index is 2.73. The summed E-state index contributed by atoms with van der Waals surface area (Å²) in [7, 11) is 0. The minimum atomic E-state index is -0.544. The van der Waals surface area contributed by atoms with Crippen molar-refractivity contribution in [3.05, 3.63) is 28.8 Å². The molecule has 1 rings (SSSR count). The third kappa shape index (κ3) is 2.86. The summed E-state index contributed by atoms with van der Waals surface area (Å²) in [4.78, 5) is 0. The van der Waals surface area contributed by atoms with Gasteiger partial charge < -0.3 is 9.84 Å². The standard InChI is InChI=1S/C9H10ClFO2/c10-8-5-7(6-12)1-2-9(8)13-4-3-11/h1-2,5,12H,3-4,6H2. The lowest BCUT2D eigenvalue weighted by molar-refractivity contribution is 0.271. The zero-order valence-corrected chi connectivity index (χ0v) is 7.72. The Morgan fingerprint density at radius 1 is 1.46 bits per heavy atom. The fourth-order valence-corrected chi connectivity index (χ4v) is 1.17. The molecule has 0 aliphatic rings. The number of aliphatic hydroxyl groups excluding tert-OH is 1. The SMILES string of the molecule is OCc1ccc(OCCF)c(Cl)c1. The minimum Gasteiger partial charge on any atom is -0.489 e. The molecule has 0 aliphatic heterocycles. The van der Waals surface area contributed by atoms with Crippen LogP contribution in [0.2, 0.25) is 5.02 Å². The van der Waals surface area contributed by atoms with E-state index in [4.69, 9.17) is 21.4 Å². The van der Waals surface area contributed by atoms with Crippen LogP contribution in [0.15, 0.2) is 18.2 Å². The predicted octanol–water partition coefficient (Wildman–Crippen LogP) is 2.18. The molecule has 0 unspecified atom stereocenters. The Labute approximate surface area is 80.9 Å². The fourth-order valence-electron chi connectivity index (χ4n) is 0.908. The highest BCUT2D eigenvalue weighted by Crippen LogP contribution is 2.25. The van der Waals surface area contributed by atoms with Gasteiger partial charge in [-0.25, -0.2) is 4.39 Å². The molecule has 4 heteroatoms. The molecule has 1 aromatic rings. The topological polar surface area (TPSA) is 29.5 Å². The van der Waals surface area contributed by atoms with Crippen LogP contribution in [0.25, 0.3) is 0 Å². The molecule has 72 valence electrons. The molecule has 1 N–H and O–H groups in total. The van der Waals surface area contributed by atoms with Crippen molar-refractivity contribution in [1.29, 1.82) is 0 Å². The zero-order valence-electron chi connectivity index (χ0n) is 6.96. The second kappa shape index (κ2) is 5.04. The van der Waals surface area contributed by atoms with Crippen LogP contribution in [-0.2, 0) is 6.61 Å². The highest BCUT2D eigenvalue weighted by molar-refractivity contribution is 6.32. The van der Waals surface area contributed by atoms with Crippen molar-refractivity contribution in [3.8, 4) is 5.75 Å². The van der Waals surface area contributed by atoms with Gasteiger partial charge in [0.25, 0.3) is 0 Å². The first kappa shape index (κ1) is 10.3. The van der Waals surface area contributed by atoms with E-state index in [1.54, 1.807) is 18.2 Å². The number of ether oxygens (including phenoxy) is 1. The molecule has 0 aliphatic carbocycles. The summed E-state index contributed by atoms with van der Waals surface area (Å²) in [5.74, 6) is 0.441. The Kier molecular flexibility index (Phi) is 3.99. The number of benzene rings is 1. The molecule has 0 bridgehead atoms. The highest BCUT2D eigenvalue weighted by Gasteiger charge is 2.01. The summed E-state index contributed by atoms with van der Waals surface area (Å²) in [6, 6.07) is 4.89. The van der Waals surface area contributed by atoms with Crippen LogP contribution in [0, 0.1) is 0 Å². The lowest BCUT2D eigenvalue weighted by Gasteiger charge is -2.06. The van der Waals surface area contributed by atoms with Gasteiger partial charge in [0, 0.05) is 0 Å². The van der Waals surface area contributed by atoms with Gasteiger partial charge in [0.2, 0.25) is 0 Å². The van der Waals surface area contributed by atoms with Crippen molar-refractivity contribution in [2.45, 2.75) is 6.61 Å². The van der Waals surface area contributed by atoms with Gasteiger partial charge in [-0.3, -0.25) is 0 Å². The molecule has 2 nitrogen and oxygen atoms in total. The van der Waals surface area contributed by atoms with Crippen LogP contribution < -0.4 is 4.74 Å². The zero-order chi connectivity index (χ0) is 9.68. The first-order valence-electron chi connectivity index (χ1n) is 3.86. The number of aliphatic hydroxyl groups is 1. The van der Waals surface area contributed by atoms with Gasteiger partial charge in [-0.05, 0) is 17.7 Å². The lowest BCUT2D eigenvalue weighted by Crippen LogP contribution is -1.99. The van der Waals surface area contributed by atoms with Crippen LogP contribution in [0.1, 0.15) is 5.56 Å². The monoisotopic (exact) mass is 204 g/mol. The number of alkyl halides is 1. The van der Waals surface area contributed by atoms with Crippen LogP contribution >= 0.6 is 11.6 Å². The van der Waals surface area contributed by atoms with Crippen molar-refractivity contribution in [1.82, 2.24) is 0 Å². The Morgan fingerprint density at radius 3 is 2.77 bits per heavy atom. The average Bonchev–Trinajstić information content (AvgIpc) is 2.16. The van der Waals surface area contributed by atoms with E-state index in [-0.39, 0.29) is 13.2 Å². The number of hydrogen-bond acceptors (Lipinski definition) is 2. The molecule has 0 heterocycles. The Bertz CT molecular complexity index is 278. The molecule has 0 fully saturated rings. The molecule has 0 aromatic heterocycles. The molecule has 0 saturated heterocycles. The van der Waals surface area contributed by atoms with Crippen LogP contribution in [-0.4, -0.2) is 18.4 Å². The molecule has 0 atom stereocenters. The maximum Gasteiger partial charge on any atom is 0.138 e. The third-order valence-corrected chi connectivity index (χ3v) is 1.81. The predicted molar refractivity (Wildman–Crippen MR) is 48.8 cm³/mol. The normalized spacial score (nSPS) is 10.1. The maximum atomic E-state index is 11.7. The third-order valence-electron chi connectivity index (χ3n) is 1.51. The van der Waals surface area contributed by atoms with E-state index in [9.17, 15) is 4.39 Å². The van der Waals surface area contributed by atoms with Crippen molar-refractivity contribution in [2.75, 3.05) is 13.3 Å². The van der Waals surface area contributed by atoms with Gasteiger partial charge in [-0.2, -0.15) is 0 Å². The van der Waals surface area contributed by atoms with E-state index >= 15 is 0 Å². The van der Waals surface area contributed by atoms with E-state index in [0.29, 0.717) is 16.3 Å². The van der Waals surface area contributed by atoms with Crippen molar-refractivity contribution < 1.29 is 14.2 Å². The van der Waals surface area contributed by atoms with Gasteiger partial charge in [0.1, 0.15) is 19.0 Å². The minimum absolute atomic E-state index is 0.00179. The van der Waals surface area contributed by atoms with Crippen molar-refractivity contribution in [3.63, 3.8) is 0 Å². The molecule has 13 heavy (non-hydrogen) atoms. The van der Waals surface area contributed by atoms with E-state index in [1.807, 2.05) is 0 Å². The molecular weight excluding hydrogens is 195 g/mol. The van der Waals surface area contributed by atoms with E-state index in [2.05, 4.69) is 0 Å². The highest BCUT2D eigenvalue weighted by atomic mass is 35.5. The molecular formula is C9H10ClFO2. The number of rotatable bonds is 4. The smallest absolute Gasteiger partial charge is 0.138 e. The van der Waals surface area contributed by atoms with E-state index in [0.717, 1.165) is 0 Å². The summed E-state index contributed by atoms with van der Waals surface area (Å²) in [6.45, 7) is -0.612.